The Bertz CT molecular complexity index is 671. The highest BCUT2D eigenvalue weighted by Gasteiger charge is 2.17. The first kappa shape index (κ1) is 14.7. The van der Waals surface area contributed by atoms with Gasteiger partial charge in [0.15, 0.2) is 0 Å². The molecule has 2 aromatic rings. The zero-order valence-electron chi connectivity index (χ0n) is 11.4. The molecule has 0 bridgehead atoms. The van der Waals surface area contributed by atoms with Crippen molar-refractivity contribution < 1.29 is 9.72 Å². The van der Waals surface area contributed by atoms with Crippen LogP contribution in [0.3, 0.4) is 0 Å². The van der Waals surface area contributed by atoms with Crippen LogP contribution in [0, 0.1) is 17.0 Å². The zero-order valence-corrected chi connectivity index (χ0v) is 11.4. The summed E-state index contributed by atoms with van der Waals surface area (Å²) in [5.41, 5.74) is 7.61. The molecule has 6 nitrogen and oxygen atoms in total. The number of nitro groups is 1. The molecule has 0 aliphatic carbocycles. The van der Waals surface area contributed by atoms with Crippen molar-refractivity contribution in [3.05, 3.63) is 69.8 Å². The van der Waals surface area contributed by atoms with Crippen LogP contribution in [0.1, 0.15) is 17.2 Å². The summed E-state index contributed by atoms with van der Waals surface area (Å²) in [5, 5.41) is 13.4. The maximum Gasteiger partial charge on any atom is 0.271 e. The number of nitrogens with two attached hydrogens (primary N) is 1. The van der Waals surface area contributed by atoms with E-state index >= 15 is 0 Å². The molecular formula is C15H15N3O3. The Labute approximate surface area is 121 Å². The number of hydrogen-bond donors (Lipinski definition) is 2. The lowest BCUT2D eigenvalue weighted by Crippen LogP contribution is -2.28. The number of nitro benzene ring substituents is 1. The van der Waals surface area contributed by atoms with Crippen LogP contribution in [0.15, 0.2) is 48.5 Å². The summed E-state index contributed by atoms with van der Waals surface area (Å²) in [6.07, 6.45) is 0. The number of nitrogens with zero attached hydrogens (tertiary/aromatic N) is 1. The predicted octanol–water partition coefficient (Wildman–Crippen LogP) is 2.54. The molecule has 1 atom stereocenters. The number of hydrogen-bond acceptors (Lipinski definition) is 4. The molecular weight excluding hydrogens is 270 g/mol. The first-order valence-corrected chi connectivity index (χ1v) is 6.35. The van der Waals surface area contributed by atoms with Crippen LogP contribution in [-0.2, 0) is 4.79 Å². The quantitative estimate of drug-likeness (QED) is 0.666. The Kier molecular flexibility index (Phi) is 4.30. The second-order valence-corrected chi connectivity index (χ2v) is 4.63. The average Bonchev–Trinajstić information content (AvgIpc) is 2.49. The van der Waals surface area contributed by atoms with Crippen molar-refractivity contribution in [2.24, 2.45) is 5.73 Å². The molecule has 0 spiro atoms. The molecule has 108 valence electrons. The fraction of sp³-hybridized carbons (Fsp3) is 0.133. The van der Waals surface area contributed by atoms with Gasteiger partial charge in [-0.1, -0.05) is 36.4 Å². The number of nitrogens with one attached hydrogen (secondary N) is 1. The molecule has 21 heavy (non-hydrogen) atoms. The molecule has 0 radical (unpaired) electrons. The van der Waals surface area contributed by atoms with Crippen molar-refractivity contribution in [1.29, 1.82) is 0 Å². The number of benzene rings is 2. The normalized spacial score (nSPS) is 11.7. The molecule has 0 aromatic heterocycles. The maximum atomic E-state index is 12.1. The Morgan fingerprint density at radius 2 is 1.90 bits per heavy atom. The van der Waals surface area contributed by atoms with Crippen molar-refractivity contribution in [3.8, 4) is 0 Å². The third kappa shape index (κ3) is 3.43. The lowest BCUT2D eigenvalue weighted by atomic mass is 10.1. The van der Waals surface area contributed by atoms with Gasteiger partial charge in [-0.15, -0.1) is 0 Å². The van der Waals surface area contributed by atoms with Gasteiger partial charge >= 0.3 is 0 Å². The number of aryl methyl sites for hydroxylation is 1. The lowest BCUT2D eigenvalue weighted by molar-refractivity contribution is -0.384. The molecule has 0 fully saturated rings. The van der Waals surface area contributed by atoms with Crippen LogP contribution in [-0.4, -0.2) is 10.8 Å². The third-order valence-corrected chi connectivity index (χ3v) is 3.13. The van der Waals surface area contributed by atoms with Gasteiger partial charge in [-0.05, 0) is 18.1 Å². The van der Waals surface area contributed by atoms with Crippen LogP contribution in [0.2, 0.25) is 0 Å². The van der Waals surface area contributed by atoms with Crippen molar-refractivity contribution in [1.82, 2.24) is 0 Å². The second-order valence-electron chi connectivity index (χ2n) is 4.63. The van der Waals surface area contributed by atoms with Crippen molar-refractivity contribution >= 4 is 17.3 Å². The van der Waals surface area contributed by atoms with E-state index in [1.807, 2.05) is 6.07 Å². The molecule has 0 unspecified atom stereocenters. The predicted molar refractivity (Wildman–Crippen MR) is 79.8 cm³/mol. The Balaban J connectivity index is 2.20. The molecule has 3 N–H and O–H groups in total. The highest BCUT2D eigenvalue weighted by Crippen LogP contribution is 2.23. The van der Waals surface area contributed by atoms with Gasteiger partial charge in [-0.3, -0.25) is 14.9 Å². The van der Waals surface area contributed by atoms with Crippen molar-refractivity contribution in [2.75, 3.05) is 5.32 Å². The second kappa shape index (κ2) is 6.15. The van der Waals surface area contributed by atoms with Gasteiger partial charge in [0.2, 0.25) is 5.91 Å². The van der Waals surface area contributed by atoms with Gasteiger partial charge < -0.3 is 11.1 Å². The molecule has 0 heterocycles. The zero-order chi connectivity index (χ0) is 15.4. The Morgan fingerprint density at radius 1 is 1.24 bits per heavy atom. The molecule has 2 rings (SSSR count). The lowest BCUT2D eigenvalue weighted by Gasteiger charge is -2.13. The minimum Gasteiger partial charge on any atom is -0.324 e. The number of carbonyl (C=O) groups excluding carboxylic acids is 1. The smallest absolute Gasteiger partial charge is 0.271 e. The molecule has 1 amide bonds. The van der Waals surface area contributed by atoms with Gasteiger partial charge in [0, 0.05) is 12.1 Å². The van der Waals surface area contributed by atoms with Gasteiger partial charge in [0.25, 0.3) is 5.69 Å². The van der Waals surface area contributed by atoms with E-state index in [0.29, 0.717) is 11.3 Å². The molecule has 0 saturated carbocycles. The highest BCUT2D eigenvalue weighted by atomic mass is 16.6. The Morgan fingerprint density at radius 3 is 2.52 bits per heavy atom. The monoisotopic (exact) mass is 285 g/mol. The Hall–Kier alpha value is -2.73. The van der Waals surface area contributed by atoms with Gasteiger partial charge in [-0.25, -0.2) is 0 Å². The SMILES string of the molecule is Cc1ccc([N+](=O)[O-])cc1NC(=O)[C@@H](N)c1ccccc1. The maximum absolute atomic E-state index is 12.1. The topological polar surface area (TPSA) is 98.3 Å². The summed E-state index contributed by atoms with van der Waals surface area (Å²) in [4.78, 5) is 22.4. The number of anilines is 1. The van der Waals surface area contributed by atoms with E-state index in [1.165, 1.54) is 12.1 Å². The summed E-state index contributed by atoms with van der Waals surface area (Å²) in [7, 11) is 0. The molecule has 2 aromatic carbocycles. The summed E-state index contributed by atoms with van der Waals surface area (Å²) in [6.45, 7) is 1.76. The minimum absolute atomic E-state index is 0.0795. The summed E-state index contributed by atoms with van der Waals surface area (Å²) < 4.78 is 0. The number of carbonyl (C=O) groups is 1. The number of rotatable bonds is 4. The van der Waals surface area contributed by atoms with E-state index in [1.54, 1.807) is 37.3 Å². The first-order valence-electron chi connectivity index (χ1n) is 6.35. The number of amides is 1. The van der Waals surface area contributed by atoms with E-state index in [9.17, 15) is 14.9 Å². The number of non-ortho nitro benzene ring substituents is 1. The van der Waals surface area contributed by atoms with E-state index in [0.717, 1.165) is 5.56 Å². The molecule has 0 aliphatic heterocycles. The first-order chi connectivity index (χ1) is 9.99. The molecule has 6 heteroatoms. The minimum atomic E-state index is -0.829. The standard InChI is InChI=1S/C15H15N3O3/c1-10-7-8-12(18(20)21)9-13(10)17-15(19)14(16)11-5-3-2-4-6-11/h2-9,14H,16H2,1H3,(H,17,19)/t14-/m0/s1. The molecule has 0 aliphatic rings. The molecule has 0 saturated heterocycles. The van der Waals surface area contributed by atoms with Crippen LogP contribution < -0.4 is 11.1 Å². The van der Waals surface area contributed by atoms with Crippen molar-refractivity contribution in [3.63, 3.8) is 0 Å². The fourth-order valence-electron chi connectivity index (χ4n) is 1.88. The summed E-state index contributed by atoms with van der Waals surface area (Å²) in [6, 6.07) is 12.4. The fourth-order valence-corrected chi connectivity index (χ4v) is 1.88. The summed E-state index contributed by atoms with van der Waals surface area (Å²) >= 11 is 0. The van der Waals surface area contributed by atoms with Crippen LogP contribution in [0.25, 0.3) is 0 Å². The largest absolute Gasteiger partial charge is 0.324 e. The van der Waals surface area contributed by atoms with E-state index in [2.05, 4.69) is 5.32 Å². The van der Waals surface area contributed by atoms with Crippen LogP contribution in [0.4, 0.5) is 11.4 Å². The van der Waals surface area contributed by atoms with Gasteiger partial charge in [0.1, 0.15) is 6.04 Å². The van der Waals surface area contributed by atoms with E-state index in [-0.39, 0.29) is 5.69 Å². The van der Waals surface area contributed by atoms with Crippen molar-refractivity contribution in [2.45, 2.75) is 13.0 Å². The summed E-state index contributed by atoms with van der Waals surface area (Å²) in [5.74, 6) is -0.412. The van der Waals surface area contributed by atoms with Gasteiger partial charge in [0.05, 0.1) is 10.6 Å². The van der Waals surface area contributed by atoms with Gasteiger partial charge in [-0.2, -0.15) is 0 Å². The average molecular weight is 285 g/mol. The van der Waals surface area contributed by atoms with Crippen LogP contribution in [0.5, 0.6) is 0 Å². The van der Waals surface area contributed by atoms with E-state index in [4.69, 9.17) is 5.73 Å². The van der Waals surface area contributed by atoms with Crippen LogP contribution >= 0.6 is 0 Å². The third-order valence-electron chi connectivity index (χ3n) is 3.13. The van der Waals surface area contributed by atoms with E-state index < -0.39 is 16.9 Å². The highest BCUT2D eigenvalue weighted by molar-refractivity contribution is 5.96.